The van der Waals surface area contributed by atoms with Crippen LogP contribution in [0.5, 0.6) is 0 Å². The summed E-state index contributed by atoms with van der Waals surface area (Å²) in [5, 5.41) is 3.34. The number of hydrogen-bond donors (Lipinski definition) is 1. The fourth-order valence-corrected chi connectivity index (χ4v) is 2.37. The Kier molecular flexibility index (Phi) is 6.04. The van der Waals surface area contributed by atoms with Gasteiger partial charge < -0.3 is 10.1 Å². The smallest absolute Gasteiger partial charge is 0.375 e. The maximum Gasteiger partial charge on any atom is 0.434 e. The van der Waals surface area contributed by atoms with Gasteiger partial charge in [0.15, 0.2) is 5.69 Å². The molecule has 1 rings (SSSR count). The molecule has 0 amide bonds. The molecule has 0 aliphatic rings. The van der Waals surface area contributed by atoms with Crippen LogP contribution in [0.2, 0.25) is 0 Å². The molecule has 0 aliphatic carbocycles. The third-order valence-electron chi connectivity index (χ3n) is 2.15. The second-order valence-corrected chi connectivity index (χ2v) is 4.86. The Morgan fingerprint density at radius 3 is 2.61 bits per heavy atom. The predicted octanol–water partition coefficient (Wildman–Crippen LogP) is 3.20. The molecule has 0 fully saturated rings. The highest BCUT2D eigenvalue weighted by Crippen LogP contribution is 2.34. The van der Waals surface area contributed by atoms with E-state index in [4.69, 9.17) is 4.74 Å². The molecular weight excluding hydrogens is 265 g/mol. The summed E-state index contributed by atoms with van der Waals surface area (Å²) < 4.78 is 43.4. The van der Waals surface area contributed by atoms with Crippen LogP contribution in [0.1, 0.15) is 35.8 Å². The van der Waals surface area contributed by atoms with Gasteiger partial charge in [0.25, 0.3) is 0 Å². The third-order valence-corrected chi connectivity index (χ3v) is 3.18. The zero-order chi connectivity index (χ0) is 13.6. The number of ether oxygens (including phenoxy) is 1. The first kappa shape index (κ1) is 15.4. The van der Waals surface area contributed by atoms with E-state index in [1.165, 1.54) is 0 Å². The normalized spacial score (nSPS) is 12.1. The second kappa shape index (κ2) is 7.06. The Morgan fingerprint density at radius 2 is 2.06 bits per heavy atom. The van der Waals surface area contributed by atoms with Crippen LogP contribution in [0.4, 0.5) is 13.2 Å². The van der Waals surface area contributed by atoms with Crippen LogP contribution in [0.25, 0.3) is 0 Å². The molecule has 0 bridgehead atoms. The number of halogens is 3. The maximum absolute atomic E-state index is 12.8. The van der Waals surface area contributed by atoms with Crippen molar-refractivity contribution >= 4 is 11.3 Å². The van der Waals surface area contributed by atoms with E-state index in [1.54, 1.807) is 6.92 Å². The van der Waals surface area contributed by atoms with Crippen molar-refractivity contribution in [3.05, 3.63) is 15.6 Å². The number of alkyl halides is 3. The van der Waals surface area contributed by atoms with Crippen molar-refractivity contribution < 1.29 is 17.9 Å². The molecule has 0 saturated carbocycles. The maximum atomic E-state index is 12.8. The van der Waals surface area contributed by atoms with Gasteiger partial charge in [0.05, 0.1) is 11.5 Å². The SMILES string of the molecule is CCCNCc1sc(COCC)nc1C(F)(F)F. The van der Waals surface area contributed by atoms with Crippen molar-refractivity contribution in [3.63, 3.8) is 0 Å². The lowest BCUT2D eigenvalue weighted by atomic mass is 10.3. The number of nitrogens with zero attached hydrogens (tertiary/aromatic N) is 1. The highest BCUT2D eigenvalue weighted by Gasteiger charge is 2.37. The highest BCUT2D eigenvalue weighted by molar-refractivity contribution is 7.11. The average molecular weight is 282 g/mol. The van der Waals surface area contributed by atoms with Crippen molar-refractivity contribution in [2.24, 2.45) is 0 Å². The van der Waals surface area contributed by atoms with Crippen molar-refractivity contribution in [3.8, 4) is 0 Å². The fourth-order valence-electron chi connectivity index (χ4n) is 1.37. The van der Waals surface area contributed by atoms with Gasteiger partial charge in [-0.3, -0.25) is 0 Å². The minimum atomic E-state index is -4.40. The Labute approximate surface area is 108 Å². The topological polar surface area (TPSA) is 34.1 Å². The summed E-state index contributed by atoms with van der Waals surface area (Å²) in [7, 11) is 0. The van der Waals surface area contributed by atoms with Crippen molar-refractivity contribution in [1.82, 2.24) is 10.3 Å². The molecule has 0 radical (unpaired) electrons. The van der Waals surface area contributed by atoms with Gasteiger partial charge in [0.1, 0.15) is 5.01 Å². The molecule has 1 aromatic heterocycles. The van der Waals surface area contributed by atoms with Gasteiger partial charge in [0, 0.05) is 13.2 Å². The molecule has 18 heavy (non-hydrogen) atoms. The number of hydrogen-bond acceptors (Lipinski definition) is 4. The molecule has 0 saturated heterocycles. The van der Waals surface area contributed by atoms with Gasteiger partial charge >= 0.3 is 6.18 Å². The molecule has 0 spiro atoms. The first-order valence-electron chi connectivity index (χ1n) is 5.83. The molecule has 1 heterocycles. The van der Waals surface area contributed by atoms with E-state index < -0.39 is 11.9 Å². The largest absolute Gasteiger partial charge is 0.434 e. The molecule has 1 N–H and O–H groups in total. The lowest BCUT2D eigenvalue weighted by molar-refractivity contribution is -0.141. The Morgan fingerprint density at radius 1 is 1.33 bits per heavy atom. The lowest BCUT2D eigenvalue weighted by Crippen LogP contribution is -2.17. The lowest BCUT2D eigenvalue weighted by Gasteiger charge is -2.06. The van der Waals surface area contributed by atoms with E-state index in [-0.39, 0.29) is 18.0 Å². The Hall–Kier alpha value is -0.660. The van der Waals surface area contributed by atoms with E-state index in [2.05, 4.69) is 10.3 Å². The van der Waals surface area contributed by atoms with Gasteiger partial charge in [-0.25, -0.2) is 4.98 Å². The van der Waals surface area contributed by atoms with Crippen molar-refractivity contribution in [2.45, 2.75) is 39.6 Å². The van der Waals surface area contributed by atoms with Crippen LogP contribution in [-0.4, -0.2) is 18.1 Å². The monoisotopic (exact) mass is 282 g/mol. The van der Waals surface area contributed by atoms with E-state index >= 15 is 0 Å². The Balaban J connectivity index is 2.80. The molecule has 0 atom stereocenters. The predicted molar refractivity (Wildman–Crippen MR) is 64.4 cm³/mol. The molecule has 7 heteroatoms. The molecule has 104 valence electrons. The molecule has 1 aromatic rings. The highest BCUT2D eigenvalue weighted by atomic mass is 32.1. The fraction of sp³-hybridized carbons (Fsp3) is 0.727. The number of rotatable bonds is 7. The van der Waals surface area contributed by atoms with Crippen molar-refractivity contribution in [2.75, 3.05) is 13.2 Å². The summed E-state index contributed by atoms with van der Waals surface area (Å²) in [6.45, 7) is 5.25. The molecule has 3 nitrogen and oxygen atoms in total. The van der Waals surface area contributed by atoms with Gasteiger partial charge in [-0.2, -0.15) is 13.2 Å². The van der Waals surface area contributed by atoms with Gasteiger partial charge in [-0.15, -0.1) is 11.3 Å². The summed E-state index contributed by atoms with van der Waals surface area (Å²) in [4.78, 5) is 3.85. The van der Waals surface area contributed by atoms with E-state index in [1.807, 2.05) is 6.92 Å². The van der Waals surface area contributed by atoms with Crippen LogP contribution < -0.4 is 5.32 Å². The average Bonchev–Trinajstić information content (AvgIpc) is 2.70. The van der Waals surface area contributed by atoms with Gasteiger partial charge in [-0.1, -0.05) is 6.92 Å². The van der Waals surface area contributed by atoms with Gasteiger partial charge in [0.2, 0.25) is 0 Å². The zero-order valence-corrected chi connectivity index (χ0v) is 11.2. The quantitative estimate of drug-likeness (QED) is 0.780. The molecule has 0 aromatic carbocycles. The number of aromatic nitrogens is 1. The van der Waals surface area contributed by atoms with E-state index in [0.29, 0.717) is 18.2 Å². The number of thiazole rings is 1. The van der Waals surface area contributed by atoms with Crippen LogP contribution in [-0.2, 0) is 24.1 Å². The Bertz CT molecular complexity index is 366. The summed E-state index contributed by atoms with van der Waals surface area (Å²) in [6.07, 6.45) is -3.52. The van der Waals surface area contributed by atoms with E-state index in [9.17, 15) is 13.2 Å². The summed E-state index contributed by atoms with van der Waals surface area (Å²) in [5.41, 5.74) is -0.786. The standard InChI is InChI=1S/C11H17F3N2OS/c1-3-5-15-6-8-10(11(12,13)14)16-9(18-8)7-17-4-2/h15H,3-7H2,1-2H3. The summed E-state index contributed by atoms with van der Waals surface area (Å²) in [6, 6.07) is 0. The molecular formula is C11H17F3N2OS. The van der Waals surface area contributed by atoms with Gasteiger partial charge in [-0.05, 0) is 19.9 Å². The molecule has 0 aliphatic heterocycles. The first-order chi connectivity index (χ1) is 8.49. The zero-order valence-electron chi connectivity index (χ0n) is 10.4. The van der Waals surface area contributed by atoms with E-state index in [0.717, 1.165) is 17.8 Å². The minimum absolute atomic E-state index is 0.137. The minimum Gasteiger partial charge on any atom is -0.375 e. The summed E-state index contributed by atoms with van der Waals surface area (Å²) in [5.74, 6) is 0. The number of nitrogens with one attached hydrogen (secondary N) is 1. The van der Waals surface area contributed by atoms with Crippen LogP contribution >= 0.6 is 11.3 Å². The first-order valence-corrected chi connectivity index (χ1v) is 6.64. The summed E-state index contributed by atoms with van der Waals surface area (Å²) >= 11 is 1.06. The van der Waals surface area contributed by atoms with Crippen LogP contribution in [0.15, 0.2) is 0 Å². The second-order valence-electron chi connectivity index (χ2n) is 3.69. The molecule has 0 unspecified atom stereocenters. The van der Waals surface area contributed by atoms with Crippen molar-refractivity contribution in [1.29, 1.82) is 0 Å². The third kappa shape index (κ3) is 4.55. The van der Waals surface area contributed by atoms with Crippen LogP contribution in [0, 0.1) is 0 Å². The van der Waals surface area contributed by atoms with Crippen LogP contribution in [0.3, 0.4) is 0 Å².